The van der Waals surface area contributed by atoms with Crippen LogP contribution in [0.5, 0.6) is 11.5 Å². The van der Waals surface area contributed by atoms with Crippen molar-refractivity contribution in [1.82, 2.24) is 20.9 Å². The van der Waals surface area contributed by atoms with Crippen LogP contribution in [0.1, 0.15) is 40.9 Å². The van der Waals surface area contributed by atoms with Crippen molar-refractivity contribution in [3.63, 3.8) is 0 Å². The van der Waals surface area contributed by atoms with Crippen molar-refractivity contribution in [3.05, 3.63) is 107 Å². The summed E-state index contributed by atoms with van der Waals surface area (Å²) in [6.07, 6.45) is -0.140. The van der Waals surface area contributed by atoms with Gasteiger partial charge in [-0.3, -0.25) is 19.2 Å². The zero-order chi connectivity index (χ0) is 37.7. The Kier molecular flexibility index (Phi) is 11.5. The molecular formula is C38H38ClN5O8. The molecule has 13 nitrogen and oxygen atoms in total. The molecule has 4 atom stereocenters. The molecule has 52 heavy (non-hydrogen) atoms. The first-order chi connectivity index (χ1) is 24.8. The Hall–Kier alpha value is -5.92. The van der Waals surface area contributed by atoms with Gasteiger partial charge in [0.2, 0.25) is 17.7 Å². The van der Waals surface area contributed by atoms with Gasteiger partial charge in [-0.15, -0.1) is 0 Å². The van der Waals surface area contributed by atoms with Crippen LogP contribution in [0.15, 0.2) is 84.9 Å². The van der Waals surface area contributed by atoms with Crippen molar-refractivity contribution >= 4 is 41.2 Å². The number of phenols is 2. The lowest BCUT2D eigenvalue weighted by atomic mass is 9.93. The number of nitrogens with two attached hydrogens (primary N) is 1. The highest BCUT2D eigenvalue weighted by Crippen LogP contribution is 2.39. The number of aromatic hydroxyl groups is 2. The fraction of sp³-hybridized carbons (Fsp3) is 0.237. The Bertz CT molecular complexity index is 2000. The van der Waals surface area contributed by atoms with Crippen LogP contribution in [0.2, 0.25) is 5.02 Å². The average Bonchev–Trinajstić information content (AvgIpc) is 3.12. The van der Waals surface area contributed by atoms with Crippen molar-refractivity contribution in [2.24, 2.45) is 5.73 Å². The lowest BCUT2D eigenvalue weighted by molar-refractivity contribution is -0.143. The minimum Gasteiger partial charge on any atom is -0.507 e. The first-order valence-corrected chi connectivity index (χ1v) is 16.8. The number of benzene rings is 4. The molecule has 0 spiro atoms. The number of phenolic OH excluding ortho intramolecular Hbond substituents is 2. The number of carbonyl (C=O) groups excluding carboxylic acids is 4. The first kappa shape index (κ1) is 37.3. The number of hydrogen-bond acceptors (Lipinski definition) is 8. The maximum Gasteiger partial charge on any atom is 0.326 e. The van der Waals surface area contributed by atoms with Crippen molar-refractivity contribution in [2.75, 3.05) is 13.6 Å². The van der Waals surface area contributed by atoms with Crippen LogP contribution in [0.4, 0.5) is 0 Å². The van der Waals surface area contributed by atoms with E-state index in [1.807, 2.05) is 12.1 Å². The van der Waals surface area contributed by atoms with Crippen LogP contribution < -0.4 is 21.7 Å². The van der Waals surface area contributed by atoms with Gasteiger partial charge in [0.1, 0.15) is 35.7 Å². The van der Waals surface area contributed by atoms with Gasteiger partial charge in [0, 0.05) is 35.2 Å². The van der Waals surface area contributed by atoms with E-state index in [1.54, 1.807) is 36.4 Å². The summed E-state index contributed by atoms with van der Waals surface area (Å²) < 4.78 is 0. The third kappa shape index (κ3) is 8.33. The highest BCUT2D eigenvalue weighted by atomic mass is 35.5. The molecule has 1 aliphatic heterocycles. The Morgan fingerprint density at radius 2 is 1.48 bits per heavy atom. The van der Waals surface area contributed by atoms with Gasteiger partial charge in [-0.05, 0) is 90.7 Å². The number of amides is 4. The molecule has 5 rings (SSSR count). The van der Waals surface area contributed by atoms with Crippen LogP contribution in [-0.2, 0) is 25.6 Å². The molecule has 0 fully saturated rings. The third-order valence-electron chi connectivity index (χ3n) is 8.86. The second kappa shape index (κ2) is 16.0. The Morgan fingerprint density at radius 1 is 0.885 bits per heavy atom. The van der Waals surface area contributed by atoms with E-state index in [9.17, 15) is 39.3 Å². The molecule has 4 bridgehead atoms. The second-order valence-electron chi connectivity index (χ2n) is 12.5. The van der Waals surface area contributed by atoms with Gasteiger partial charge < -0.3 is 41.9 Å². The fourth-order valence-electron chi connectivity index (χ4n) is 6.00. The molecule has 0 saturated heterocycles. The summed E-state index contributed by atoms with van der Waals surface area (Å²) in [5.41, 5.74) is 8.73. The number of rotatable bonds is 8. The van der Waals surface area contributed by atoms with E-state index < -0.39 is 53.8 Å². The van der Waals surface area contributed by atoms with Crippen molar-refractivity contribution < 1.29 is 39.3 Å². The summed E-state index contributed by atoms with van der Waals surface area (Å²) in [7, 11) is 1.35. The minimum absolute atomic E-state index is 0.0117. The van der Waals surface area contributed by atoms with Crippen LogP contribution in [0.3, 0.4) is 0 Å². The zero-order valence-corrected chi connectivity index (χ0v) is 29.1. The number of nitrogens with zero attached hydrogens (tertiary/aromatic N) is 1. The number of carboxylic acids is 1. The van der Waals surface area contributed by atoms with Gasteiger partial charge in [0.25, 0.3) is 5.91 Å². The SMILES string of the molecule is C[C@@H]1NC(=O)[C@@H](N(C)C(=O)[C@H](CCN)NC(=O)c2ccc(-c3ccc(Cl)cc3)cc2)c2ccc(O)c(c2)-c2cc(ccc2O)C[C@@H](C(=O)O)NC1=O. The first-order valence-electron chi connectivity index (χ1n) is 16.4. The molecule has 4 aromatic rings. The molecule has 1 heterocycles. The smallest absolute Gasteiger partial charge is 0.326 e. The summed E-state index contributed by atoms with van der Waals surface area (Å²) >= 11 is 6.00. The maximum absolute atomic E-state index is 14.1. The van der Waals surface area contributed by atoms with E-state index in [0.717, 1.165) is 16.0 Å². The average molecular weight is 728 g/mol. The molecule has 0 aromatic heterocycles. The van der Waals surface area contributed by atoms with E-state index in [2.05, 4.69) is 16.0 Å². The van der Waals surface area contributed by atoms with E-state index >= 15 is 0 Å². The number of likely N-dealkylation sites (N-methyl/N-ethyl adjacent to an activating group) is 1. The number of carbonyl (C=O) groups is 5. The summed E-state index contributed by atoms with van der Waals surface area (Å²) in [5, 5.41) is 39.8. The lowest BCUT2D eigenvalue weighted by Crippen LogP contribution is -2.55. The molecule has 0 saturated carbocycles. The third-order valence-corrected chi connectivity index (χ3v) is 9.11. The van der Waals surface area contributed by atoms with Gasteiger partial charge in [-0.25, -0.2) is 4.79 Å². The van der Waals surface area contributed by atoms with Crippen LogP contribution in [0, 0.1) is 0 Å². The summed E-state index contributed by atoms with van der Waals surface area (Å²) in [6.45, 7) is 1.38. The van der Waals surface area contributed by atoms with E-state index in [4.69, 9.17) is 17.3 Å². The van der Waals surface area contributed by atoms with Gasteiger partial charge in [0.15, 0.2) is 0 Å². The lowest BCUT2D eigenvalue weighted by Gasteiger charge is -2.32. The number of halogens is 1. The molecule has 8 N–H and O–H groups in total. The van der Waals surface area contributed by atoms with Gasteiger partial charge in [-0.2, -0.15) is 0 Å². The number of carboxylic acid groups (broad SMARTS) is 1. The molecule has 0 aliphatic carbocycles. The fourth-order valence-corrected chi connectivity index (χ4v) is 6.13. The number of nitrogens with one attached hydrogen (secondary N) is 3. The number of fused-ring (bicyclic) bond motifs is 5. The van der Waals surface area contributed by atoms with E-state index in [0.29, 0.717) is 10.6 Å². The molecule has 14 heteroatoms. The van der Waals surface area contributed by atoms with Crippen LogP contribution in [0.25, 0.3) is 22.3 Å². The summed E-state index contributed by atoms with van der Waals surface area (Å²) in [5.74, 6) is -4.67. The van der Waals surface area contributed by atoms with Crippen LogP contribution >= 0.6 is 11.6 Å². The molecular weight excluding hydrogens is 690 g/mol. The Balaban J connectivity index is 1.48. The van der Waals surface area contributed by atoms with Gasteiger partial charge >= 0.3 is 5.97 Å². The van der Waals surface area contributed by atoms with E-state index in [1.165, 1.54) is 50.4 Å². The Labute approximate surface area is 304 Å². The maximum atomic E-state index is 14.1. The minimum atomic E-state index is -1.43. The molecule has 0 radical (unpaired) electrons. The van der Waals surface area contributed by atoms with Crippen molar-refractivity contribution in [1.29, 1.82) is 0 Å². The van der Waals surface area contributed by atoms with Gasteiger partial charge in [0.05, 0.1) is 0 Å². The topological polar surface area (TPSA) is 211 Å². The van der Waals surface area contributed by atoms with Crippen molar-refractivity contribution in [3.8, 4) is 33.8 Å². The second-order valence-corrected chi connectivity index (χ2v) is 12.9. The number of aliphatic carboxylic acids is 1. The summed E-state index contributed by atoms with van der Waals surface area (Å²) in [6, 6.07) is 17.2. The predicted octanol–water partition coefficient (Wildman–Crippen LogP) is 3.36. The predicted molar refractivity (Wildman–Crippen MR) is 193 cm³/mol. The normalized spacial score (nSPS) is 17.9. The molecule has 4 amide bonds. The Morgan fingerprint density at radius 3 is 2.10 bits per heavy atom. The van der Waals surface area contributed by atoms with Gasteiger partial charge in [-0.1, -0.05) is 48.0 Å². The monoisotopic (exact) mass is 727 g/mol. The highest BCUT2D eigenvalue weighted by molar-refractivity contribution is 6.30. The molecule has 0 unspecified atom stereocenters. The van der Waals surface area contributed by atoms with Crippen molar-refractivity contribution in [2.45, 2.75) is 43.9 Å². The summed E-state index contributed by atoms with van der Waals surface area (Å²) in [4.78, 5) is 67.8. The standard InChI is InChI=1S/C38H38ClN5O8/c1-20-34(47)43-30(38(51)52)18-21-3-13-31(45)27(17-21)28-19-25(10-14-32(28)46)33(36(49)41-20)44(2)37(50)29(15-16-40)42-35(48)24-6-4-22(5-7-24)23-8-11-26(39)12-9-23/h3-14,17,19-20,29-30,33,45-46H,15-16,18,40H2,1-2H3,(H,41,49)(H,42,48)(H,43,47)(H,51,52)/t20-,29-,30-,33-/m0/s1. The van der Waals surface area contributed by atoms with Crippen LogP contribution in [-0.4, -0.2) is 81.5 Å². The number of hydrogen-bond donors (Lipinski definition) is 7. The molecule has 270 valence electrons. The molecule has 4 aromatic carbocycles. The van der Waals surface area contributed by atoms with E-state index in [-0.39, 0.29) is 53.1 Å². The zero-order valence-electron chi connectivity index (χ0n) is 28.3. The quantitative estimate of drug-likeness (QED) is 0.142. The largest absolute Gasteiger partial charge is 0.507 e. The highest BCUT2D eigenvalue weighted by Gasteiger charge is 2.36. The molecule has 1 aliphatic rings.